The molecule has 2 N–H and O–H groups in total. The van der Waals surface area contributed by atoms with Crippen LogP contribution in [0.5, 0.6) is 5.75 Å². The highest BCUT2D eigenvalue weighted by atomic mass is 19.1. The molecule has 130 valence electrons. The number of hydrogen-bond donors (Lipinski definition) is 2. The second-order valence-corrected chi connectivity index (χ2v) is 5.66. The summed E-state index contributed by atoms with van der Waals surface area (Å²) in [7, 11) is 1.38. The van der Waals surface area contributed by atoms with Gasteiger partial charge in [-0.1, -0.05) is 12.8 Å². The molecule has 2 rings (SSSR count). The lowest BCUT2D eigenvalue weighted by atomic mass is 9.99. The zero-order chi connectivity index (χ0) is 18.4. The number of nitrogens with one attached hydrogen (secondary N) is 2. The Hall–Kier alpha value is -3.07. The van der Waals surface area contributed by atoms with Crippen LogP contribution in [0, 0.1) is 18.2 Å². The van der Waals surface area contributed by atoms with Crippen molar-refractivity contribution in [1.29, 1.82) is 0 Å². The van der Waals surface area contributed by atoms with Gasteiger partial charge in [-0.05, 0) is 37.6 Å². The molecule has 0 unspecified atom stereocenters. The summed E-state index contributed by atoms with van der Waals surface area (Å²) in [5.41, 5.74) is 0.130. The van der Waals surface area contributed by atoms with E-state index in [4.69, 9.17) is 11.2 Å². The zero-order valence-corrected chi connectivity index (χ0v) is 14.4. The Bertz CT molecular complexity index is 817. The van der Waals surface area contributed by atoms with Crippen LogP contribution >= 0.6 is 0 Å². The van der Waals surface area contributed by atoms with Gasteiger partial charge in [-0.3, -0.25) is 4.79 Å². The van der Waals surface area contributed by atoms with E-state index in [1.54, 1.807) is 25.3 Å². The number of nitrogens with zero attached hydrogens (tertiary/aromatic N) is 1. The fourth-order valence-corrected chi connectivity index (χ4v) is 2.11. The number of carbonyl (C=O) groups is 1. The first-order chi connectivity index (χ1) is 11.9. The lowest BCUT2D eigenvalue weighted by Gasteiger charge is -2.24. The average Bonchev–Trinajstić information content (AvgIpc) is 2.63. The third-order valence-electron chi connectivity index (χ3n) is 3.88. The van der Waals surface area contributed by atoms with Gasteiger partial charge in [-0.15, -0.1) is 6.42 Å². The lowest BCUT2D eigenvalue weighted by molar-refractivity contribution is 0.0924. The van der Waals surface area contributed by atoms with Gasteiger partial charge in [0.15, 0.2) is 11.6 Å². The Kier molecular flexibility index (Phi) is 5.60. The Morgan fingerprint density at radius 2 is 2.20 bits per heavy atom. The molecular weight excluding hydrogens is 321 g/mol. The van der Waals surface area contributed by atoms with Crippen LogP contribution in [0.1, 0.15) is 30.6 Å². The van der Waals surface area contributed by atoms with E-state index in [9.17, 15) is 9.18 Å². The predicted octanol–water partition coefficient (Wildman–Crippen LogP) is 3.50. The predicted molar refractivity (Wildman–Crippen MR) is 95.5 cm³/mol. The zero-order valence-electron chi connectivity index (χ0n) is 14.4. The Morgan fingerprint density at radius 1 is 1.44 bits per heavy atom. The molecule has 1 aromatic carbocycles. The van der Waals surface area contributed by atoms with Crippen molar-refractivity contribution in [3.05, 3.63) is 47.9 Å². The van der Waals surface area contributed by atoms with E-state index in [0.29, 0.717) is 23.5 Å². The minimum atomic E-state index is -0.747. The van der Waals surface area contributed by atoms with Crippen molar-refractivity contribution in [1.82, 2.24) is 10.3 Å². The largest absolute Gasteiger partial charge is 0.494 e. The van der Waals surface area contributed by atoms with Crippen LogP contribution in [0.4, 0.5) is 15.9 Å². The summed E-state index contributed by atoms with van der Waals surface area (Å²) in [4.78, 5) is 16.8. The van der Waals surface area contributed by atoms with Gasteiger partial charge in [0, 0.05) is 18.0 Å². The van der Waals surface area contributed by atoms with Crippen molar-refractivity contribution in [3.8, 4) is 18.1 Å². The first-order valence-corrected chi connectivity index (χ1v) is 7.78. The molecular formula is C19H20FN3O2. The number of carbonyl (C=O) groups excluding carboxylic acids is 1. The van der Waals surface area contributed by atoms with Crippen LogP contribution in [0.2, 0.25) is 0 Å². The van der Waals surface area contributed by atoms with E-state index in [0.717, 1.165) is 0 Å². The standard InChI is InChI=1S/C19H20FN3O2/c1-5-19(3,6-2)23-18(24)14-8-7-11-21-17(14)22-13-9-10-15(20)16(12-13)25-4/h1,7-12H,6H2,2-4H3,(H,21,22)(H,23,24)/t19-/m0/s1. The number of hydrogen-bond acceptors (Lipinski definition) is 4. The van der Waals surface area contributed by atoms with E-state index in [1.807, 2.05) is 6.92 Å². The van der Waals surface area contributed by atoms with Crippen molar-refractivity contribution in [2.45, 2.75) is 25.8 Å². The fraction of sp³-hybridized carbons (Fsp3) is 0.263. The number of terminal acetylenes is 1. The van der Waals surface area contributed by atoms with Crippen molar-refractivity contribution < 1.29 is 13.9 Å². The maximum absolute atomic E-state index is 13.5. The molecule has 25 heavy (non-hydrogen) atoms. The minimum Gasteiger partial charge on any atom is -0.494 e. The highest BCUT2D eigenvalue weighted by Crippen LogP contribution is 2.25. The molecule has 1 amide bonds. The maximum Gasteiger partial charge on any atom is 0.256 e. The molecule has 0 aliphatic rings. The quantitative estimate of drug-likeness (QED) is 0.790. The molecule has 0 bridgehead atoms. The summed E-state index contributed by atoms with van der Waals surface area (Å²) >= 11 is 0. The average molecular weight is 341 g/mol. The summed E-state index contributed by atoms with van der Waals surface area (Å²) in [6, 6.07) is 7.59. The van der Waals surface area contributed by atoms with Crippen LogP contribution in [0.3, 0.4) is 0 Å². The Labute approximate surface area is 146 Å². The molecule has 0 radical (unpaired) electrons. The molecule has 1 heterocycles. The van der Waals surface area contributed by atoms with Gasteiger partial charge in [0.05, 0.1) is 18.2 Å². The van der Waals surface area contributed by atoms with Crippen LogP contribution in [0.15, 0.2) is 36.5 Å². The van der Waals surface area contributed by atoms with Crippen molar-refractivity contribution in [2.24, 2.45) is 0 Å². The summed E-state index contributed by atoms with van der Waals surface area (Å²) in [6.07, 6.45) is 7.65. The molecule has 0 spiro atoms. The van der Waals surface area contributed by atoms with Gasteiger partial charge in [0.2, 0.25) is 0 Å². The smallest absolute Gasteiger partial charge is 0.256 e. The van der Waals surface area contributed by atoms with Crippen LogP contribution in [-0.2, 0) is 0 Å². The number of anilines is 2. The summed E-state index contributed by atoms with van der Waals surface area (Å²) in [5.74, 6) is 2.21. The summed E-state index contributed by atoms with van der Waals surface area (Å²) in [6.45, 7) is 3.67. The number of methoxy groups -OCH3 is 1. The number of ether oxygens (including phenoxy) is 1. The van der Waals surface area contributed by atoms with Gasteiger partial charge in [0.25, 0.3) is 5.91 Å². The van der Waals surface area contributed by atoms with Crippen molar-refractivity contribution in [2.75, 3.05) is 12.4 Å². The first kappa shape index (κ1) is 18.3. The SMILES string of the molecule is C#C[C@@](C)(CC)NC(=O)c1cccnc1Nc1ccc(F)c(OC)c1. The summed E-state index contributed by atoms with van der Waals surface area (Å²) < 4.78 is 18.5. The fourth-order valence-electron chi connectivity index (χ4n) is 2.11. The molecule has 1 aromatic heterocycles. The highest BCUT2D eigenvalue weighted by Gasteiger charge is 2.23. The van der Waals surface area contributed by atoms with Crippen molar-refractivity contribution in [3.63, 3.8) is 0 Å². The van der Waals surface area contributed by atoms with Crippen LogP contribution < -0.4 is 15.4 Å². The second kappa shape index (κ2) is 7.67. The van der Waals surface area contributed by atoms with Gasteiger partial charge >= 0.3 is 0 Å². The number of aromatic nitrogens is 1. The first-order valence-electron chi connectivity index (χ1n) is 7.78. The number of benzene rings is 1. The molecule has 0 saturated carbocycles. The van der Waals surface area contributed by atoms with Gasteiger partial charge in [0.1, 0.15) is 5.82 Å². The van der Waals surface area contributed by atoms with E-state index in [2.05, 4.69) is 21.5 Å². The Balaban J connectivity index is 2.29. The molecule has 2 aromatic rings. The highest BCUT2D eigenvalue weighted by molar-refractivity contribution is 6.00. The number of pyridine rings is 1. The van der Waals surface area contributed by atoms with Gasteiger partial charge in [-0.25, -0.2) is 9.37 Å². The molecule has 0 aliphatic carbocycles. The van der Waals surface area contributed by atoms with E-state index in [-0.39, 0.29) is 11.7 Å². The van der Waals surface area contributed by atoms with Crippen LogP contribution in [-0.4, -0.2) is 23.5 Å². The number of amides is 1. The van der Waals surface area contributed by atoms with Gasteiger partial charge < -0.3 is 15.4 Å². The lowest BCUT2D eigenvalue weighted by Crippen LogP contribution is -2.44. The molecule has 0 fully saturated rings. The molecule has 1 atom stereocenters. The number of halogens is 1. The molecule has 6 heteroatoms. The molecule has 5 nitrogen and oxygen atoms in total. The van der Waals surface area contributed by atoms with Crippen molar-refractivity contribution >= 4 is 17.4 Å². The molecule has 0 saturated heterocycles. The van der Waals surface area contributed by atoms with Gasteiger partial charge in [-0.2, -0.15) is 0 Å². The third kappa shape index (κ3) is 4.27. The molecule has 0 aliphatic heterocycles. The topological polar surface area (TPSA) is 63.2 Å². The Morgan fingerprint density at radius 3 is 2.84 bits per heavy atom. The summed E-state index contributed by atoms with van der Waals surface area (Å²) in [5, 5.41) is 5.83. The third-order valence-corrected chi connectivity index (χ3v) is 3.88. The minimum absolute atomic E-state index is 0.0952. The van der Waals surface area contributed by atoms with E-state index in [1.165, 1.54) is 25.3 Å². The monoisotopic (exact) mass is 341 g/mol. The van der Waals surface area contributed by atoms with E-state index >= 15 is 0 Å². The second-order valence-electron chi connectivity index (χ2n) is 5.66. The van der Waals surface area contributed by atoms with Crippen LogP contribution in [0.25, 0.3) is 0 Å². The van der Waals surface area contributed by atoms with E-state index < -0.39 is 11.4 Å². The number of rotatable bonds is 6. The normalized spacial score (nSPS) is 12.6. The maximum atomic E-state index is 13.5.